The summed E-state index contributed by atoms with van der Waals surface area (Å²) in [4.78, 5) is 0. The molecule has 0 amide bonds. The normalized spacial score (nSPS) is 18.0. The van der Waals surface area contributed by atoms with Crippen molar-refractivity contribution in [2.45, 2.75) is 0 Å². The molecule has 0 rings (SSSR count). The lowest BCUT2D eigenvalue weighted by atomic mass is 11.8. The van der Waals surface area contributed by atoms with Crippen LogP contribution in [0, 0.1) is 0 Å². The predicted molar refractivity (Wildman–Crippen MR) is 19.0 cm³/mol. The molecule has 0 aliphatic carbocycles. The van der Waals surface area contributed by atoms with Crippen molar-refractivity contribution in [3.8, 4) is 0 Å². The molecular formula is CH3F3O2S. The Labute approximate surface area is 38.1 Å². The van der Waals surface area contributed by atoms with Gasteiger partial charge in [0.25, 0.3) is 0 Å². The summed E-state index contributed by atoms with van der Waals surface area (Å²) in [6.07, 6.45) is 0. The van der Waals surface area contributed by atoms with E-state index in [9.17, 15) is 12.2 Å². The highest BCUT2D eigenvalue weighted by molar-refractivity contribution is 8.05. The fourth-order valence-electron chi connectivity index (χ4n) is 0. The first-order chi connectivity index (χ1) is 2.81. The number of hydrogen-bond acceptors (Lipinski definition) is 1. The second-order valence-electron chi connectivity index (χ2n) is 0.971. The Balaban J connectivity index is 4.14. The summed E-state index contributed by atoms with van der Waals surface area (Å²) in [5, 5.41) is 0. The van der Waals surface area contributed by atoms with Crippen molar-refractivity contribution in [2.75, 3.05) is 6.01 Å². The lowest BCUT2D eigenvalue weighted by Crippen LogP contribution is -2.19. The van der Waals surface area contributed by atoms with E-state index in [0.29, 0.717) is 0 Å². The Morgan fingerprint density at radius 1 is 1.57 bits per heavy atom. The molecule has 46 valence electrons. The van der Waals surface area contributed by atoms with Crippen LogP contribution in [0.5, 0.6) is 0 Å². The molecule has 6 heteroatoms. The highest BCUT2D eigenvalue weighted by Crippen LogP contribution is 2.23. The van der Waals surface area contributed by atoms with Crippen LogP contribution in [0.15, 0.2) is 0 Å². The van der Waals surface area contributed by atoms with Crippen molar-refractivity contribution in [3.63, 3.8) is 0 Å². The molecule has 0 atom stereocenters. The van der Waals surface area contributed by atoms with Crippen molar-refractivity contribution in [2.24, 2.45) is 0 Å². The maximum absolute atomic E-state index is 10.9. The summed E-state index contributed by atoms with van der Waals surface area (Å²) >= 11 is 0. The van der Waals surface area contributed by atoms with Gasteiger partial charge in [-0.2, -0.15) is 0 Å². The van der Waals surface area contributed by atoms with E-state index in [0.717, 1.165) is 0 Å². The van der Waals surface area contributed by atoms with Gasteiger partial charge in [-0.15, -0.1) is 4.21 Å². The van der Waals surface area contributed by atoms with Crippen LogP contribution in [0.1, 0.15) is 0 Å². The predicted octanol–water partition coefficient (Wildman–Crippen LogP) is 0.976. The van der Waals surface area contributed by atoms with Crippen LogP contribution in [0.2, 0.25) is 0 Å². The molecule has 0 saturated heterocycles. The lowest BCUT2D eigenvalue weighted by Gasteiger charge is -2.16. The summed E-state index contributed by atoms with van der Waals surface area (Å²) in [7, 11) is -6.78. The zero-order valence-corrected chi connectivity index (χ0v) is 3.92. The van der Waals surface area contributed by atoms with Gasteiger partial charge >= 0.3 is 0 Å². The summed E-state index contributed by atoms with van der Waals surface area (Å²) in [6.45, 7) is 0. The molecule has 2 nitrogen and oxygen atoms in total. The van der Waals surface area contributed by atoms with Gasteiger partial charge in [0.1, 0.15) is 0 Å². The number of hydrogen-bond donors (Lipinski definition) is 1. The van der Waals surface area contributed by atoms with E-state index in [2.05, 4.69) is 0 Å². The van der Waals surface area contributed by atoms with Gasteiger partial charge in [0.15, 0.2) is 0 Å². The molecule has 0 fully saturated rings. The fraction of sp³-hybridized carbons (Fsp3) is 1.00. The Kier molecular flexibility index (Phi) is 1.18. The first-order valence-electron chi connectivity index (χ1n) is 1.21. The van der Waals surface area contributed by atoms with E-state index >= 15 is 0 Å². The molecule has 0 saturated carbocycles. The van der Waals surface area contributed by atoms with Crippen LogP contribution in [-0.4, -0.2) is 14.8 Å². The van der Waals surface area contributed by atoms with E-state index in [1.165, 1.54) is 0 Å². The van der Waals surface area contributed by atoms with Crippen LogP contribution in [0.3, 0.4) is 0 Å². The monoisotopic (exact) mass is 136 g/mol. The summed E-state index contributed by atoms with van der Waals surface area (Å²) in [5.41, 5.74) is 0. The van der Waals surface area contributed by atoms with Gasteiger partial charge in [0.2, 0.25) is 6.01 Å². The maximum atomic E-state index is 10.9. The van der Waals surface area contributed by atoms with Crippen molar-refractivity contribution >= 4 is 10.1 Å². The van der Waals surface area contributed by atoms with Gasteiger partial charge in [-0.1, -0.05) is 7.77 Å². The van der Waals surface area contributed by atoms with Gasteiger partial charge in [-0.05, 0) is 0 Å². The average molecular weight is 136 g/mol. The Bertz CT molecular complexity index is 114. The maximum Gasteiger partial charge on any atom is 0.231 e. The Hall–Kier alpha value is -0.100. The first-order valence-corrected chi connectivity index (χ1v) is 3.11. The third kappa shape index (κ3) is 5.90. The number of rotatable bonds is 1. The zero-order valence-electron chi connectivity index (χ0n) is 3.10. The fourth-order valence-corrected chi connectivity index (χ4v) is 0. The molecule has 0 unspecified atom stereocenters. The summed E-state index contributed by atoms with van der Waals surface area (Å²) in [6, 6.07) is -2.49. The van der Waals surface area contributed by atoms with Gasteiger partial charge in [-0.25, -0.2) is 4.39 Å². The highest BCUT2D eigenvalue weighted by atomic mass is 32.4. The van der Waals surface area contributed by atoms with Crippen molar-refractivity contribution < 1.29 is 20.9 Å². The van der Waals surface area contributed by atoms with E-state index in [1.54, 1.807) is 0 Å². The molecule has 0 aromatic heterocycles. The molecule has 0 bridgehead atoms. The minimum absolute atomic E-state index is 2.49. The second kappa shape index (κ2) is 1.19. The molecule has 0 heterocycles. The third-order valence-electron chi connectivity index (χ3n) is 0.176. The quantitative estimate of drug-likeness (QED) is 0.545. The van der Waals surface area contributed by atoms with Gasteiger partial charge in [0, 0.05) is 0 Å². The standard InChI is InChI=1S/CH3F3O2S/c2-1-7(3,4,5)6/h1H2,(H,5,6). The van der Waals surface area contributed by atoms with Crippen LogP contribution < -0.4 is 0 Å². The average Bonchev–Trinajstić information content (AvgIpc) is 1.32. The van der Waals surface area contributed by atoms with Gasteiger partial charge in [-0.3, -0.25) is 4.55 Å². The van der Waals surface area contributed by atoms with E-state index in [1.807, 2.05) is 0 Å². The number of halogens is 3. The zero-order chi connectivity index (χ0) is 6.15. The Morgan fingerprint density at radius 3 is 1.71 bits per heavy atom. The van der Waals surface area contributed by atoms with Crippen molar-refractivity contribution in [1.82, 2.24) is 0 Å². The van der Waals surface area contributed by atoms with Crippen LogP contribution in [-0.2, 0) is 10.1 Å². The van der Waals surface area contributed by atoms with Crippen LogP contribution in [0.25, 0.3) is 0 Å². The second-order valence-corrected chi connectivity index (χ2v) is 2.91. The lowest BCUT2D eigenvalue weighted by molar-refractivity contribution is 0.364. The third-order valence-corrected chi connectivity index (χ3v) is 0.527. The minimum Gasteiger partial charge on any atom is -0.253 e. The highest BCUT2D eigenvalue weighted by Gasteiger charge is 2.22. The smallest absolute Gasteiger partial charge is 0.231 e. The van der Waals surface area contributed by atoms with Crippen molar-refractivity contribution in [3.05, 3.63) is 0 Å². The number of alkyl halides is 1. The van der Waals surface area contributed by atoms with E-state index in [-0.39, 0.29) is 0 Å². The molecular weight excluding hydrogens is 133 g/mol. The molecule has 1 N–H and O–H groups in total. The largest absolute Gasteiger partial charge is 0.253 e. The molecule has 0 aromatic rings. The van der Waals surface area contributed by atoms with E-state index in [4.69, 9.17) is 8.76 Å². The van der Waals surface area contributed by atoms with E-state index < -0.39 is 16.1 Å². The van der Waals surface area contributed by atoms with Crippen molar-refractivity contribution in [1.29, 1.82) is 0 Å². The van der Waals surface area contributed by atoms with Crippen LogP contribution in [0.4, 0.5) is 12.2 Å². The molecule has 0 spiro atoms. The molecule has 0 aliphatic heterocycles. The molecule has 7 heavy (non-hydrogen) atoms. The molecule has 0 aliphatic rings. The topological polar surface area (TPSA) is 37.3 Å². The minimum atomic E-state index is -6.78. The van der Waals surface area contributed by atoms with Crippen LogP contribution >= 0.6 is 0 Å². The molecule has 0 radical (unpaired) electrons. The first kappa shape index (κ1) is 6.90. The Morgan fingerprint density at radius 2 is 1.71 bits per heavy atom. The molecule has 0 aromatic carbocycles. The SMILES string of the molecule is O=S(O)(F)(F)CF. The summed E-state index contributed by atoms with van der Waals surface area (Å²) < 4.78 is 48.5. The van der Waals surface area contributed by atoms with Gasteiger partial charge in [0.05, 0.1) is 10.1 Å². The van der Waals surface area contributed by atoms with Gasteiger partial charge < -0.3 is 0 Å². The summed E-state index contributed by atoms with van der Waals surface area (Å²) in [5.74, 6) is 0.